The minimum absolute atomic E-state index is 0.421. The molecule has 0 unspecified atom stereocenters. The highest BCUT2D eigenvalue weighted by atomic mass is 19.4. The third-order valence-corrected chi connectivity index (χ3v) is 3.41. The Hall–Kier alpha value is -3.20. The summed E-state index contributed by atoms with van der Waals surface area (Å²) in [5.41, 5.74) is 2.19. The molecule has 0 aliphatic heterocycles. The molecule has 0 saturated carbocycles. The lowest BCUT2D eigenvalue weighted by atomic mass is 10.2. The molecule has 3 aromatic rings. The van der Waals surface area contributed by atoms with Gasteiger partial charge in [-0.1, -0.05) is 62.1 Å². The summed E-state index contributed by atoms with van der Waals surface area (Å²) < 4.78 is 43.5. The van der Waals surface area contributed by atoms with Crippen molar-refractivity contribution in [2.45, 2.75) is 33.2 Å². The fraction of sp³-hybridized carbons (Fsp3) is 0.227. The smallest absolute Gasteiger partial charge is 0.408 e. The summed E-state index contributed by atoms with van der Waals surface area (Å²) in [6, 6.07) is 17.0. The number of nitrogens with zero attached hydrogens (tertiary/aromatic N) is 2. The van der Waals surface area contributed by atoms with Crippen molar-refractivity contribution in [3.63, 3.8) is 0 Å². The molecule has 146 valence electrons. The van der Waals surface area contributed by atoms with Crippen molar-refractivity contribution in [3.05, 3.63) is 83.7 Å². The van der Waals surface area contributed by atoms with Gasteiger partial charge in [0.1, 0.15) is 18.9 Å². The fourth-order valence-electron chi connectivity index (χ4n) is 2.25. The Morgan fingerprint density at radius 1 is 0.964 bits per heavy atom. The van der Waals surface area contributed by atoms with Crippen LogP contribution in [-0.2, 0) is 13.2 Å². The molecule has 1 heterocycles. The lowest BCUT2D eigenvalue weighted by Crippen LogP contribution is -2.17. The molecule has 3 rings (SSSR count). The summed E-state index contributed by atoms with van der Waals surface area (Å²) in [7, 11) is 0. The van der Waals surface area contributed by atoms with Crippen molar-refractivity contribution < 1.29 is 17.9 Å². The van der Waals surface area contributed by atoms with E-state index in [0.717, 1.165) is 10.2 Å². The summed E-state index contributed by atoms with van der Waals surface area (Å²) in [5.74, 6) is 6.40. The van der Waals surface area contributed by atoms with E-state index in [1.807, 2.05) is 62.4 Å². The molecule has 0 fully saturated rings. The van der Waals surface area contributed by atoms with Crippen molar-refractivity contribution in [1.82, 2.24) is 9.78 Å². The molecule has 0 saturated heterocycles. The van der Waals surface area contributed by atoms with Gasteiger partial charge < -0.3 is 4.74 Å². The Balaban J connectivity index is 0.00000136. The van der Waals surface area contributed by atoms with Gasteiger partial charge in [0.2, 0.25) is 0 Å². The summed E-state index contributed by atoms with van der Waals surface area (Å²) in [4.78, 5) is 0. The quantitative estimate of drug-likeness (QED) is 0.558. The molecule has 0 radical (unpaired) electrons. The van der Waals surface area contributed by atoms with E-state index in [-0.39, 0.29) is 0 Å². The van der Waals surface area contributed by atoms with Crippen LogP contribution in [0.15, 0.2) is 67.0 Å². The third kappa shape index (κ3) is 7.20. The summed E-state index contributed by atoms with van der Waals surface area (Å²) >= 11 is 0. The zero-order chi connectivity index (χ0) is 20.4. The van der Waals surface area contributed by atoms with E-state index >= 15 is 0 Å². The molecule has 1 aromatic heterocycles. The summed E-state index contributed by atoms with van der Waals surface area (Å²) in [6.45, 7) is 3.32. The minimum atomic E-state index is -4.30. The normalized spacial score (nSPS) is 10.3. The maximum absolute atomic E-state index is 12.3. The van der Waals surface area contributed by atoms with Gasteiger partial charge in [0.15, 0.2) is 0 Å². The van der Waals surface area contributed by atoms with Crippen molar-refractivity contribution in [2.75, 3.05) is 0 Å². The molecule has 0 spiro atoms. The number of ether oxygens (including phenoxy) is 1. The van der Waals surface area contributed by atoms with Gasteiger partial charge in [-0.25, -0.2) is 0 Å². The largest absolute Gasteiger partial charge is 0.489 e. The van der Waals surface area contributed by atoms with Gasteiger partial charge >= 0.3 is 6.18 Å². The van der Waals surface area contributed by atoms with Gasteiger partial charge in [0.05, 0.1) is 11.8 Å². The van der Waals surface area contributed by atoms with E-state index in [0.29, 0.717) is 23.5 Å². The van der Waals surface area contributed by atoms with E-state index in [4.69, 9.17) is 4.74 Å². The fourth-order valence-corrected chi connectivity index (χ4v) is 2.25. The highest BCUT2D eigenvalue weighted by molar-refractivity contribution is 5.44. The number of hydrogen-bond acceptors (Lipinski definition) is 2. The number of rotatable bonds is 4. The topological polar surface area (TPSA) is 27.1 Å². The van der Waals surface area contributed by atoms with Gasteiger partial charge in [0, 0.05) is 11.8 Å². The maximum atomic E-state index is 12.3. The number of aromatic nitrogens is 2. The van der Waals surface area contributed by atoms with Crippen LogP contribution in [0.25, 0.3) is 0 Å². The predicted octanol–water partition coefficient (Wildman–Crippen LogP) is 5.45. The van der Waals surface area contributed by atoms with Crippen LogP contribution < -0.4 is 4.74 Å². The Morgan fingerprint density at radius 3 is 2.39 bits per heavy atom. The maximum Gasteiger partial charge on any atom is 0.408 e. The zero-order valence-corrected chi connectivity index (χ0v) is 15.7. The number of halogens is 3. The molecular formula is C22H21F3N2O. The van der Waals surface area contributed by atoms with E-state index in [1.165, 1.54) is 12.4 Å². The summed E-state index contributed by atoms with van der Waals surface area (Å²) in [6.07, 6.45) is -1.72. The zero-order valence-electron chi connectivity index (χ0n) is 15.7. The van der Waals surface area contributed by atoms with Crippen LogP contribution in [0.4, 0.5) is 13.2 Å². The second kappa shape index (κ2) is 10.2. The average molecular weight is 386 g/mol. The van der Waals surface area contributed by atoms with Gasteiger partial charge in [0.25, 0.3) is 0 Å². The van der Waals surface area contributed by atoms with Crippen LogP contribution in [0, 0.1) is 11.8 Å². The van der Waals surface area contributed by atoms with Crippen LogP contribution in [0.1, 0.15) is 30.5 Å². The molecule has 0 aliphatic carbocycles. The van der Waals surface area contributed by atoms with Crippen LogP contribution >= 0.6 is 0 Å². The van der Waals surface area contributed by atoms with Gasteiger partial charge in [-0.15, -0.1) is 0 Å². The molecule has 6 heteroatoms. The molecule has 0 atom stereocenters. The number of benzene rings is 2. The van der Waals surface area contributed by atoms with Crippen LogP contribution in [0.3, 0.4) is 0 Å². The van der Waals surface area contributed by atoms with Gasteiger partial charge in [-0.3, -0.25) is 4.68 Å². The van der Waals surface area contributed by atoms with Crippen LogP contribution in [0.5, 0.6) is 5.75 Å². The van der Waals surface area contributed by atoms with E-state index in [9.17, 15) is 13.2 Å². The molecule has 2 aromatic carbocycles. The second-order valence-corrected chi connectivity index (χ2v) is 5.59. The second-order valence-electron chi connectivity index (χ2n) is 5.59. The Labute approximate surface area is 162 Å². The molecule has 0 N–H and O–H groups in total. The molecule has 3 nitrogen and oxygen atoms in total. The standard InChI is InChI=1S/C20H15F3N2O.C2H6/c21-20(22,23)15-25-13-18(12-24-25)10-9-16-7-4-8-19(11-16)26-14-17-5-2-1-3-6-17;1-2/h1-8,11-13H,14-15H2;1-2H3. The Kier molecular flexibility index (Phi) is 7.70. The predicted molar refractivity (Wildman–Crippen MR) is 103 cm³/mol. The average Bonchev–Trinajstić information content (AvgIpc) is 3.13. The SMILES string of the molecule is CC.FC(F)(F)Cn1cc(C#Cc2cccc(OCc3ccccc3)c2)cn1. The lowest BCUT2D eigenvalue weighted by Gasteiger charge is -2.06. The van der Waals surface area contributed by atoms with Gasteiger partial charge in [-0.05, 0) is 23.8 Å². The first-order valence-electron chi connectivity index (χ1n) is 8.86. The number of alkyl halides is 3. The highest BCUT2D eigenvalue weighted by Crippen LogP contribution is 2.17. The molecule has 0 bridgehead atoms. The van der Waals surface area contributed by atoms with Crippen molar-refractivity contribution >= 4 is 0 Å². The number of hydrogen-bond donors (Lipinski definition) is 0. The first-order valence-corrected chi connectivity index (χ1v) is 8.86. The molecule has 28 heavy (non-hydrogen) atoms. The van der Waals surface area contributed by atoms with Crippen molar-refractivity contribution in [2.24, 2.45) is 0 Å². The van der Waals surface area contributed by atoms with E-state index in [2.05, 4.69) is 16.9 Å². The lowest BCUT2D eigenvalue weighted by molar-refractivity contribution is -0.142. The first kappa shape index (κ1) is 21.1. The molecular weight excluding hydrogens is 365 g/mol. The van der Waals surface area contributed by atoms with E-state index in [1.54, 1.807) is 6.07 Å². The van der Waals surface area contributed by atoms with Crippen molar-refractivity contribution in [3.8, 4) is 17.6 Å². The van der Waals surface area contributed by atoms with E-state index < -0.39 is 12.7 Å². The molecule has 0 amide bonds. The summed E-state index contributed by atoms with van der Waals surface area (Å²) in [5, 5.41) is 3.66. The minimum Gasteiger partial charge on any atom is -0.489 e. The highest BCUT2D eigenvalue weighted by Gasteiger charge is 2.28. The van der Waals surface area contributed by atoms with Crippen molar-refractivity contribution in [1.29, 1.82) is 0 Å². The Bertz CT molecular complexity index is 922. The van der Waals surface area contributed by atoms with Crippen LogP contribution in [-0.4, -0.2) is 16.0 Å². The Morgan fingerprint density at radius 2 is 1.68 bits per heavy atom. The molecule has 0 aliphatic rings. The monoisotopic (exact) mass is 386 g/mol. The van der Waals surface area contributed by atoms with Gasteiger partial charge in [-0.2, -0.15) is 18.3 Å². The first-order chi connectivity index (χ1) is 13.5. The van der Waals surface area contributed by atoms with Crippen LogP contribution in [0.2, 0.25) is 0 Å². The third-order valence-electron chi connectivity index (χ3n) is 3.41.